The predicted molar refractivity (Wildman–Crippen MR) is 74.3 cm³/mol. The molecule has 0 saturated heterocycles. The van der Waals surface area contributed by atoms with Crippen LogP contribution in [0.3, 0.4) is 0 Å². The minimum atomic E-state index is 0.361. The van der Waals surface area contributed by atoms with Gasteiger partial charge in [0.05, 0.1) is 11.6 Å². The Hall–Kier alpha value is -3.13. The molecule has 3 rings (SSSR count). The number of rotatable bonds is 2. The van der Waals surface area contributed by atoms with Crippen molar-refractivity contribution < 1.29 is 4.52 Å². The number of hydrogen-bond donors (Lipinski definition) is 1. The maximum absolute atomic E-state index is 8.90. The fourth-order valence-electron chi connectivity index (χ4n) is 1.87. The Morgan fingerprint density at radius 1 is 1.10 bits per heavy atom. The van der Waals surface area contributed by atoms with Crippen molar-refractivity contribution in [3.63, 3.8) is 0 Å². The van der Waals surface area contributed by atoms with Gasteiger partial charge in [0.25, 0.3) is 5.89 Å². The van der Waals surface area contributed by atoms with Crippen LogP contribution in [-0.4, -0.2) is 10.1 Å². The Morgan fingerprint density at radius 3 is 2.75 bits per heavy atom. The second-order valence-electron chi connectivity index (χ2n) is 4.20. The van der Waals surface area contributed by atoms with Gasteiger partial charge >= 0.3 is 0 Å². The number of hydrogen-bond acceptors (Lipinski definition) is 5. The summed E-state index contributed by atoms with van der Waals surface area (Å²) in [6, 6.07) is 16.4. The van der Waals surface area contributed by atoms with Crippen LogP contribution in [0.2, 0.25) is 0 Å². The predicted octanol–water partition coefficient (Wildman–Crippen LogP) is 2.86. The molecule has 0 atom stereocenters. The maximum atomic E-state index is 8.90. The topological polar surface area (TPSA) is 88.7 Å². The number of nitrogen functional groups attached to an aromatic ring is 1. The van der Waals surface area contributed by atoms with Gasteiger partial charge in [-0.2, -0.15) is 10.2 Å². The summed E-state index contributed by atoms with van der Waals surface area (Å²) >= 11 is 0. The molecule has 0 aliphatic heterocycles. The van der Waals surface area contributed by atoms with E-state index in [0.29, 0.717) is 28.5 Å². The van der Waals surface area contributed by atoms with Crippen LogP contribution in [0.25, 0.3) is 22.8 Å². The zero-order valence-electron chi connectivity index (χ0n) is 10.4. The summed E-state index contributed by atoms with van der Waals surface area (Å²) < 4.78 is 5.23. The molecule has 3 aromatic rings. The Kier molecular flexibility index (Phi) is 2.90. The molecule has 0 radical (unpaired) electrons. The lowest BCUT2D eigenvalue weighted by Crippen LogP contribution is -1.90. The highest BCUT2D eigenvalue weighted by Crippen LogP contribution is 2.26. The molecular weight excluding hydrogens is 252 g/mol. The number of nitrogens with two attached hydrogens (primary N) is 1. The van der Waals surface area contributed by atoms with Crippen molar-refractivity contribution in [3.05, 3.63) is 54.1 Å². The zero-order chi connectivity index (χ0) is 13.9. The minimum absolute atomic E-state index is 0.361. The first-order chi connectivity index (χ1) is 9.78. The van der Waals surface area contributed by atoms with E-state index in [1.54, 1.807) is 24.3 Å². The second kappa shape index (κ2) is 4.86. The van der Waals surface area contributed by atoms with Crippen LogP contribution in [0.4, 0.5) is 5.69 Å². The van der Waals surface area contributed by atoms with Crippen molar-refractivity contribution >= 4 is 5.69 Å². The van der Waals surface area contributed by atoms with E-state index < -0.39 is 0 Å². The first-order valence-electron chi connectivity index (χ1n) is 5.97. The lowest BCUT2D eigenvalue weighted by Gasteiger charge is -1.98. The van der Waals surface area contributed by atoms with Gasteiger partial charge in [-0.1, -0.05) is 23.4 Å². The van der Waals surface area contributed by atoms with Gasteiger partial charge in [-0.3, -0.25) is 0 Å². The quantitative estimate of drug-likeness (QED) is 0.717. The summed E-state index contributed by atoms with van der Waals surface area (Å²) in [5.41, 5.74) is 8.44. The molecular formula is C15H10N4O. The van der Waals surface area contributed by atoms with Gasteiger partial charge in [0.2, 0.25) is 5.82 Å². The highest BCUT2D eigenvalue weighted by molar-refractivity contribution is 5.72. The first-order valence-corrected chi connectivity index (χ1v) is 5.97. The molecule has 5 nitrogen and oxygen atoms in total. The average Bonchev–Trinajstić information content (AvgIpc) is 2.97. The molecule has 2 N–H and O–H groups in total. The number of benzene rings is 2. The van der Waals surface area contributed by atoms with E-state index in [1.165, 1.54) is 0 Å². The number of nitriles is 1. The summed E-state index contributed by atoms with van der Waals surface area (Å²) in [6.45, 7) is 0. The van der Waals surface area contributed by atoms with E-state index in [2.05, 4.69) is 16.2 Å². The van der Waals surface area contributed by atoms with E-state index >= 15 is 0 Å². The number of anilines is 1. The fourth-order valence-corrected chi connectivity index (χ4v) is 1.87. The summed E-state index contributed by atoms with van der Waals surface area (Å²) in [5, 5.41) is 12.8. The summed E-state index contributed by atoms with van der Waals surface area (Å²) in [6.07, 6.45) is 0. The third-order valence-electron chi connectivity index (χ3n) is 2.87. The van der Waals surface area contributed by atoms with E-state index in [1.807, 2.05) is 24.3 Å². The van der Waals surface area contributed by atoms with Crippen molar-refractivity contribution in [2.75, 3.05) is 5.73 Å². The molecule has 96 valence electrons. The first kappa shape index (κ1) is 11.9. The molecule has 0 fully saturated rings. The lowest BCUT2D eigenvalue weighted by atomic mass is 10.1. The summed E-state index contributed by atoms with van der Waals surface area (Å²) in [5.74, 6) is 0.792. The Bertz CT molecular complexity index is 801. The molecule has 1 heterocycles. The standard InChI is InChI=1S/C15H10N4O/c16-9-10-4-3-5-11(8-10)15-18-14(19-20-15)12-6-1-2-7-13(12)17/h1-8H,17H2. The normalized spacial score (nSPS) is 10.2. The van der Waals surface area contributed by atoms with Crippen LogP contribution in [0, 0.1) is 11.3 Å². The molecule has 0 spiro atoms. The molecule has 0 bridgehead atoms. The van der Waals surface area contributed by atoms with Crippen molar-refractivity contribution in [1.82, 2.24) is 10.1 Å². The van der Waals surface area contributed by atoms with Crippen LogP contribution >= 0.6 is 0 Å². The van der Waals surface area contributed by atoms with Gasteiger partial charge < -0.3 is 10.3 Å². The highest BCUT2D eigenvalue weighted by atomic mass is 16.5. The molecule has 2 aromatic carbocycles. The molecule has 0 amide bonds. The number of para-hydroxylation sites is 1. The molecule has 1 aromatic heterocycles. The third kappa shape index (κ3) is 2.10. The minimum Gasteiger partial charge on any atom is -0.398 e. The molecule has 0 aliphatic carbocycles. The monoisotopic (exact) mass is 262 g/mol. The van der Waals surface area contributed by atoms with Gasteiger partial charge in [-0.25, -0.2) is 0 Å². The van der Waals surface area contributed by atoms with Crippen LogP contribution in [-0.2, 0) is 0 Å². The number of aromatic nitrogens is 2. The van der Waals surface area contributed by atoms with Crippen LogP contribution in [0.5, 0.6) is 0 Å². The average molecular weight is 262 g/mol. The van der Waals surface area contributed by atoms with Crippen molar-refractivity contribution in [2.24, 2.45) is 0 Å². The summed E-state index contributed by atoms with van der Waals surface area (Å²) in [4.78, 5) is 4.32. The zero-order valence-corrected chi connectivity index (χ0v) is 10.4. The highest BCUT2D eigenvalue weighted by Gasteiger charge is 2.12. The van der Waals surface area contributed by atoms with Gasteiger partial charge in [0.1, 0.15) is 0 Å². The maximum Gasteiger partial charge on any atom is 0.258 e. The molecule has 0 aliphatic rings. The third-order valence-corrected chi connectivity index (χ3v) is 2.87. The van der Waals surface area contributed by atoms with E-state index in [9.17, 15) is 0 Å². The van der Waals surface area contributed by atoms with Crippen LogP contribution < -0.4 is 5.73 Å². The molecule has 0 unspecified atom stereocenters. The van der Waals surface area contributed by atoms with Gasteiger partial charge in [0, 0.05) is 16.8 Å². The van der Waals surface area contributed by atoms with Crippen molar-refractivity contribution in [1.29, 1.82) is 5.26 Å². The van der Waals surface area contributed by atoms with Crippen LogP contribution in [0.1, 0.15) is 5.56 Å². The Labute approximate surface area is 115 Å². The van der Waals surface area contributed by atoms with Gasteiger partial charge in [-0.05, 0) is 30.3 Å². The summed E-state index contributed by atoms with van der Waals surface area (Å²) in [7, 11) is 0. The lowest BCUT2D eigenvalue weighted by molar-refractivity contribution is 0.432. The van der Waals surface area contributed by atoms with E-state index in [4.69, 9.17) is 15.5 Å². The number of nitrogens with zero attached hydrogens (tertiary/aromatic N) is 3. The molecule has 5 heteroatoms. The SMILES string of the molecule is N#Cc1cccc(-c2nc(-c3ccccc3N)no2)c1. The largest absolute Gasteiger partial charge is 0.398 e. The van der Waals surface area contributed by atoms with Gasteiger partial charge in [-0.15, -0.1) is 0 Å². The molecule has 0 saturated carbocycles. The molecule has 20 heavy (non-hydrogen) atoms. The van der Waals surface area contributed by atoms with E-state index in [-0.39, 0.29) is 0 Å². The van der Waals surface area contributed by atoms with Gasteiger partial charge in [0.15, 0.2) is 0 Å². The Balaban J connectivity index is 2.02. The second-order valence-corrected chi connectivity index (χ2v) is 4.20. The van der Waals surface area contributed by atoms with Crippen molar-refractivity contribution in [2.45, 2.75) is 0 Å². The fraction of sp³-hybridized carbons (Fsp3) is 0. The van der Waals surface area contributed by atoms with E-state index in [0.717, 1.165) is 5.56 Å². The Morgan fingerprint density at radius 2 is 1.95 bits per heavy atom. The van der Waals surface area contributed by atoms with Crippen LogP contribution in [0.15, 0.2) is 53.1 Å². The smallest absolute Gasteiger partial charge is 0.258 e. The van der Waals surface area contributed by atoms with Crippen molar-refractivity contribution in [3.8, 4) is 28.9 Å².